The highest BCUT2D eigenvalue weighted by atomic mass is 16.3. The standard InChI is InChI=1S/C23H39N5O2/c1-3-28-20-9-8-18(24-17-23(30)10-5-4-6-11-23)16-19(20)21(25-28)22(29)27-13-7-12-26(2)14-15-27/h18,24,30H,3-17H2,1-2H3. The predicted molar refractivity (Wildman–Crippen MR) is 118 cm³/mol. The number of hydrogen-bond donors (Lipinski definition) is 2. The summed E-state index contributed by atoms with van der Waals surface area (Å²) in [4.78, 5) is 17.7. The summed E-state index contributed by atoms with van der Waals surface area (Å²) in [6, 6.07) is 0.305. The molecule has 1 aromatic rings. The lowest BCUT2D eigenvalue weighted by molar-refractivity contribution is 0.00227. The second-order valence-corrected chi connectivity index (χ2v) is 9.64. The summed E-state index contributed by atoms with van der Waals surface area (Å²) in [7, 11) is 2.12. The normalized spacial score (nSPS) is 25.0. The molecule has 1 atom stereocenters. The molecule has 30 heavy (non-hydrogen) atoms. The van der Waals surface area contributed by atoms with Gasteiger partial charge in [-0.1, -0.05) is 19.3 Å². The van der Waals surface area contributed by atoms with Crippen molar-refractivity contribution in [3.05, 3.63) is 17.0 Å². The molecule has 2 heterocycles. The minimum absolute atomic E-state index is 0.0975. The third-order valence-electron chi connectivity index (χ3n) is 7.36. The van der Waals surface area contributed by atoms with E-state index in [9.17, 15) is 9.90 Å². The molecular formula is C23H39N5O2. The number of nitrogens with one attached hydrogen (secondary N) is 1. The molecule has 1 aromatic heterocycles. The van der Waals surface area contributed by atoms with Crippen molar-refractivity contribution in [3.8, 4) is 0 Å². The number of amides is 1. The molecule has 0 spiro atoms. The van der Waals surface area contributed by atoms with Crippen molar-refractivity contribution in [2.75, 3.05) is 39.8 Å². The lowest BCUT2D eigenvalue weighted by Gasteiger charge is -2.35. The van der Waals surface area contributed by atoms with Gasteiger partial charge in [-0.25, -0.2) is 0 Å². The molecule has 168 valence electrons. The van der Waals surface area contributed by atoms with Gasteiger partial charge < -0.3 is 20.2 Å². The van der Waals surface area contributed by atoms with Gasteiger partial charge in [0.2, 0.25) is 0 Å². The fourth-order valence-electron chi connectivity index (χ4n) is 5.42. The predicted octanol–water partition coefficient (Wildman–Crippen LogP) is 1.82. The van der Waals surface area contributed by atoms with Gasteiger partial charge in [0.1, 0.15) is 0 Å². The Hall–Kier alpha value is -1.44. The monoisotopic (exact) mass is 417 g/mol. The van der Waals surface area contributed by atoms with Crippen LogP contribution in [0.25, 0.3) is 0 Å². The summed E-state index contributed by atoms with van der Waals surface area (Å²) in [5.74, 6) is 0.0975. The average molecular weight is 418 g/mol. The van der Waals surface area contributed by atoms with E-state index in [-0.39, 0.29) is 5.91 Å². The molecular weight excluding hydrogens is 378 g/mol. The van der Waals surface area contributed by atoms with Crippen LogP contribution in [-0.2, 0) is 19.4 Å². The summed E-state index contributed by atoms with van der Waals surface area (Å²) in [5.41, 5.74) is 2.49. The third kappa shape index (κ3) is 4.73. The number of fused-ring (bicyclic) bond motifs is 1. The number of likely N-dealkylation sites (N-methyl/N-ethyl adjacent to an activating group) is 1. The molecule has 0 radical (unpaired) electrons. The summed E-state index contributed by atoms with van der Waals surface area (Å²) in [6.45, 7) is 7.12. The fraction of sp³-hybridized carbons (Fsp3) is 0.826. The van der Waals surface area contributed by atoms with Crippen LogP contribution < -0.4 is 5.32 Å². The third-order valence-corrected chi connectivity index (χ3v) is 7.36. The zero-order chi connectivity index (χ0) is 21.1. The molecule has 2 fully saturated rings. The van der Waals surface area contributed by atoms with Gasteiger partial charge in [-0.15, -0.1) is 0 Å². The Balaban J connectivity index is 1.47. The Bertz CT molecular complexity index is 740. The molecule has 7 nitrogen and oxygen atoms in total. The van der Waals surface area contributed by atoms with Crippen molar-refractivity contribution in [2.45, 2.75) is 82.9 Å². The molecule has 1 saturated carbocycles. The van der Waals surface area contributed by atoms with Gasteiger partial charge in [-0.2, -0.15) is 5.10 Å². The Morgan fingerprint density at radius 1 is 1.17 bits per heavy atom. The van der Waals surface area contributed by atoms with Crippen molar-refractivity contribution >= 4 is 5.91 Å². The van der Waals surface area contributed by atoms with Crippen LogP contribution in [0.4, 0.5) is 0 Å². The molecule has 4 rings (SSSR count). The van der Waals surface area contributed by atoms with E-state index in [1.54, 1.807) is 0 Å². The molecule has 2 aliphatic carbocycles. The van der Waals surface area contributed by atoms with Gasteiger partial charge in [0, 0.05) is 50.0 Å². The number of nitrogens with zero attached hydrogens (tertiary/aromatic N) is 4. The first-order valence-corrected chi connectivity index (χ1v) is 12.0. The van der Waals surface area contributed by atoms with Crippen molar-refractivity contribution in [3.63, 3.8) is 0 Å². The van der Waals surface area contributed by atoms with Gasteiger partial charge in [-0.3, -0.25) is 9.48 Å². The maximum absolute atomic E-state index is 13.4. The fourth-order valence-corrected chi connectivity index (χ4v) is 5.42. The summed E-state index contributed by atoms with van der Waals surface area (Å²) >= 11 is 0. The van der Waals surface area contributed by atoms with Gasteiger partial charge in [0.25, 0.3) is 5.91 Å². The highest BCUT2D eigenvalue weighted by Crippen LogP contribution is 2.29. The van der Waals surface area contributed by atoms with E-state index in [4.69, 9.17) is 5.10 Å². The van der Waals surface area contributed by atoms with Crippen LogP contribution in [-0.4, -0.2) is 82.0 Å². The molecule has 1 unspecified atom stereocenters. The quantitative estimate of drug-likeness (QED) is 0.765. The zero-order valence-corrected chi connectivity index (χ0v) is 18.8. The van der Waals surface area contributed by atoms with Crippen LogP contribution in [0.15, 0.2) is 0 Å². The molecule has 0 aromatic carbocycles. The molecule has 1 saturated heterocycles. The lowest BCUT2D eigenvalue weighted by Crippen LogP contribution is -2.47. The Morgan fingerprint density at radius 3 is 2.73 bits per heavy atom. The number of aryl methyl sites for hydroxylation is 1. The lowest BCUT2D eigenvalue weighted by atomic mass is 9.84. The van der Waals surface area contributed by atoms with E-state index in [1.807, 2.05) is 9.58 Å². The van der Waals surface area contributed by atoms with Crippen LogP contribution in [0.1, 0.15) is 73.6 Å². The molecule has 1 aliphatic heterocycles. The summed E-state index contributed by atoms with van der Waals surface area (Å²) in [5, 5.41) is 19.3. The van der Waals surface area contributed by atoms with Crippen LogP contribution in [0.3, 0.4) is 0 Å². The molecule has 7 heteroatoms. The number of aromatic nitrogens is 2. The Labute approximate surface area is 180 Å². The van der Waals surface area contributed by atoms with Crippen LogP contribution in [0.5, 0.6) is 0 Å². The van der Waals surface area contributed by atoms with Crippen molar-refractivity contribution in [2.24, 2.45) is 0 Å². The second-order valence-electron chi connectivity index (χ2n) is 9.64. The van der Waals surface area contributed by atoms with E-state index in [0.717, 1.165) is 89.7 Å². The molecule has 1 amide bonds. The Kier molecular flexibility index (Phi) is 6.80. The Morgan fingerprint density at radius 2 is 1.97 bits per heavy atom. The van der Waals surface area contributed by atoms with E-state index in [1.165, 1.54) is 12.1 Å². The molecule has 0 bridgehead atoms. The maximum atomic E-state index is 13.4. The second kappa shape index (κ2) is 9.37. The maximum Gasteiger partial charge on any atom is 0.274 e. The van der Waals surface area contributed by atoms with Crippen molar-refractivity contribution in [1.29, 1.82) is 0 Å². The van der Waals surface area contributed by atoms with E-state index < -0.39 is 5.60 Å². The molecule has 3 aliphatic rings. The van der Waals surface area contributed by atoms with Crippen LogP contribution in [0.2, 0.25) is 0 Å². The van der Waals surface area contributed by atoms with Gasteiger partial charge in [0.05, 0.1) is 5.60 Å². The van der Waals surface area contributed by atoms with Crippen LogP contribution in [0, 0.1) is 0 Å². The van der Waals surface area contributed by atoms with Crippen LogP contribution >= 0.6 is 0 Å². The van der Waals surface area contributed by atoms with E-state index >= 15 is 0 Å². The summed E-state index contributed by atoms with van der Waals surface area (Å²) < 4.78 is 2.04. The number of carbonyl (C=O) groups is 1. The van der Waals surface area contributed by atoms with Crippen molar-refractivity contribution in [1.82, 2.24) is 24.9 Å². The highest BCUT2D eigenvalue weighted by molar-refractivity contribution is 5.94. The first-order chi connectivity index (χ1) is 14.5. The van der Waals surface area contributed by atoms with Crippen molar-refractivity contribution < 1.29 is 9.90 Å². The summed E-state index contributed by atoms with van der Waals surface area (Å²) in [6.07, 6.45) is 9.13. The van der Waals surface area contributed by atoms with E-state index in [2.05, 4.69) is 24.2 Å². The first kappa shape index (κ1) is 21.8. The average Bonchev–Trinajstić information content (AvgIpc) is 2.98. The van der Waals surface area contributed by atoms with Gasteiger partial charge in [0.15, 0.2) is 5.69 Å². The smallest absolute Gasteiger partial charge is 0.274 e. The number of rotatable bonds is 5. The van der Waals surface area contributed by atoms with Gasteiger partial charge >= 0.3 is 0 Å². The minimum Gasteiger partial charge on any atom is -0.389 e. The zero-order valence-electron chi connectivity index (χ0n) is 18.8. The SMILES string of the molecule is CCn1nc(C(=O)N2CCCN(C)CC2)c2c1CCC(NCC1(O)CCCCC1)C2. The first-order valence-electron chi connectivity index (χ1n) is 12.0. The molecule has 2 N–H and O–H groups in total. The highest BCUT2D eigenvalue weighted by Gasteiger charge is 2.33. The van der Waals surface area contributed by atoms with E-state index in [0.29, 0.717) is 18.3 Å². The topological polar surface area (TPSA) is 73.6 Å². The minimum atomic E-state index is -0.553. The largest absolute Gasteiger partial charge is 0.389 e. The number of aliphatic hydroxyl groups is 1. The number of carbonyl (C=O) groups excluding carboxylic acids is 1. The van der Waals surface area contributed by atoms with Gasteiger partial charge in [-0.05, 0) is 59.0 Å². The number of hydrogen-bond acceptors (Lipinski definition) is 5.